The molecule has 0 radical (unpaired) electrons. The van der Waals surface area contributed by atoms with Crippen molar-refractivity contribution in [1.29, 1.82) is 0 Å². The number of carbonyl (C=O) groups is 1. The summed E-state index contributed by atoms with van der Waals surface area (Å²) in [4.78, 5) is 26.0. The van der Waals surface area contributed by atoms with Crippen molar-refractivity contribution in [3.8, 4) is 0 Å². The third-order valence-corrected chi connectivity index (χ3v) is 2.55. The molecule has 1 heterocycles. The molecule has 1 aromatic carbocycles. The Morgan fingerprint density at radius 2 is 2.10 bits per heavy atom. The van der Waals surface area contributed by atoms with E-state index in [9.17, 15) is 19.3 Å². The number of halogens is 1. The zero-order valence-corrected chi connectivity index (χ0v) is 10.5. The van der Waals surface area contributed by atoms with Crippen LogP contribution in [0.4, 0.5) is 15.9 Å². The Morgan fingerprint density at radius 1 is 1.35 bits per heavy atom. The van der Waals surface area contributed by atoms with Crippen LogP contribution >= 0.6 is 0 Å². The molecule has 0 fully saturated rings. The number of benzene rings is 1. The first kappa shape index (κ1) is 13.6. The highest BCUT2D eigenvalue weighted by Crippen LogP contribution is 2.20. The van der Waals surface area contributed by atoms with Crippen molar-refractivity contribution in [2.45, 2.75) is 6.92 Å². The van der Waals surface area contributed by atoms with Gasteiger partial charge in [-0.25, -0.2) is 9.37 Å². The lowest BCUT2D eigenvalue weighted by atomic mass is 10.1. The molecule has 2 rings (SSSR count). The standard InChI is InChI=1S/C13H10FN3O3/c1-8-2-5-12(15-7-8)16-13(18)10-6-9(14)3-4-11(10)17(19)20/h2-7H,1H3,(H,15,16,18). The SMILES string of the molecule is Cc1ccc(NC(=O)c2cc(F)ccc2[N+](=O)[O-])nc1. The van der Waals surface area contributed by atoms with E-state index in [-0.39, 0.29) is 11.4 Å². The number of hydrogen-bond acceptors (Lipinski definition) is 4. The molecule has 0 aliphatic carbocycles. The van der Waals surface area contributed by atoms with Gasteiger partial charge in [0, 0.05) is 12.3 Å². The van der Waals surface area contributed by atoms with Crippen LogP contribution in [0.15, 0.2) is 36.5 Å². The van der Waals surface area contributed by atoms with E-state index in [1.807, 2.05) is 6.92 Å². The molecule has 7 heteroatoms. The smallest absolute Gasteiger partial charge is 0.282 e. The first-order valence-electron chi connectivity index (χ1n) is 5.65. The molecule has 0 spiro atoms. The van der Waals surface area contributed by atoms with E-state index in [1.54, 1.807) is 12.1 Å². The van der Waals surface area contributed by atoms with Gasteiger partial charge in [-0.05, 0) is 30.7 Å². The summed E-state index contributed by atoms with van der Waals surface area (Å²) in [5.74, 6) is -1.27. The van der Waals surface area contributed by atoms with Crippen LogP contribution in [0.3, 0.4) is 0 Å². The lowest BCUT2D eigenvalue weighted by molar-refractivity contribution is -0.385. The van der Waals surface area contributed by atoms with Gasteiger partial charge < -0.3 is 5.32 Å². The molecule has 0 atom stereocenters. The monoisotopic (exact) mass is 275 g/mol. The van der Waals surface area contributed by atoms with Gasteiger partial charge in [0.15, 0.2) is 0 Å². The van der Waals surface area contributed by atoms with Gasteiger partial charge >= 0.3 is 0 Å². The average molecular weight is 275 g/mol. The summed E-state index contributed by atoms with van der Waals surface area (Å²) in [6, 6.07) is 5.98. The summed E-state index contributed by atoms with van der Waals surface area (Å²) < 4.78 is 13.1. The number of carbonyl (C=O) groups excluding carboxylic acids is 1. The van der Waals surface area contributed by atoms with E-state index in [1.165, 1.54) is 6.20 Å². The van der Waals surface area contributed by atoms with Crippen molar-refractivity contribution < 1.29 is 14.1 Å². The summed E-state index contributed by atoms with van der Waals surface area (Å²) >= 11 is 0. The summed E-state index contributed by atoms with van der Waals surface area (Å²) in [5.41, 5.74) is 0.0909. The van der Waals surface area contributed by atoms with E-state index in [0.29, 0.717) is 0 Å². The first-order valence-corrected chi connectivity index (χ1v) is 5.65. The second kappa shape index (κ2) is 5.43. The fourth-order valence-corrected chi connectivity index (χ4v) is 1.57. The molecule has 0 bridgehead atoms. The molecule has 0 saturated heterocycles. The van der Waals surface area contributed by atoms with Crippen LogP contribution < -0.4 is 5.32 Å². The molecule has 20 heavy (non-hydrogen) atoms. The quantitative estimate of drug-likeness (QED) is 0.689. The van der Waals surface area contributed by atoms with Gasteiger partial charge in [0.2, 0.25) is 0 Å². The number of nitrogens with one attached hydrogen (secondary N) is 1. The minimum absolute atomic E-state index is 0.235. The van der Waals surface area contributed by atoms with Gasteiger partial charge in [-0.15, -0.1) is 0 Å². The maximum absolute atomic E-state index is 13.1. The molecule has 102 valence electrons. The zero-order chi connectivity index (χ0) is 14.7. The van der Waals surface area contributed by atoms with Crippen LogP contribution in [0.1, 0.15) is 15.9 Å². The Bertz CT molecular complexity index is 671. The average Bonchev–Trinajstić information content (AvgIpc) is 2.41. The number of aromatic nitrogens is 1. The van der Waals surface area contributed by atoms with Crippen molar-refractivity contribution in [2.24, 2.45) is 0 Å². The topological polar surface area (TPSA) is 85.1 Å². The minimum Gasteiger partial charge on any atom is -0.306 e. The molecular weight excluding hydrogens is 265 g/mol. The fraction of sp³-hybridized carbons (Fsp3) is 0.0769. The number of pyridine rings is 1. The second-order valence-corrected chi connectivity index (χ2v) is 4.09. The third kappa shape index (κ3) is 2.94. The van der Waals surface area contributed by atoms with E-state index in [4.69, 9.17) is 0 Å². The van der Waals surface area contributed by atoms with Crippen molar-refractivity contribution >= 4 is 17.4 Å². The number of hydrogen-bond donors (Lipinski definition) is 1. The Labute approximate surface area is 113 Å². The van der Waals surface area contributed by atoms with Gasteiger partial charge in [0.05, 0.1) is 4.92 Å². The van der Waals surface area contributed by atoms with E-state index in [2.05, 4.69) is 10.3 Å². The van der Waals surface area contributed by atoms with Gasteiger partial charge in [-0.3, -0.25) is 14.9 Å². The molecule has 1 N–H and O–H groups in total. The van der Waals surface area contributed by atoms with Crippen LogP contribution in [-0.4, -0.2) is 15.8 Å². The van der Waals surface area contributed by atoms with Crippen LogP contribution in [0.2, 0.25) is 0 Å². The van der Waals surface area contributed by atoms with Crippen LogP contribution in [-0.2, 0) is 0 Å². The normalized spacial score (nSPS) is 10.1. The Hall–Kier alpha value is -2.83. The van der Waals surface area contributed by atoms with E-state index >= 15 is 0 Å². The summed E-state index contributed by atoms with van der Waals surface area (Å²) in [6.07, 6.45) is 1.54. The van der Waals surface area contributed by atoms with Crippen molar-refractivity contribution in [2.75, 3.05) is 5.32 Å². The Kier molecular flexibility index (Phi) is 3.69. The molecule has 1 amide bonds. The van der Waals surface area contributed by atoms with Crippen molar-refractivity contribution in [1.82, 2.24) is 4.98 Å². The maximum Gasteiger partial charge on any atom is 0.282 e. The highest BCUT2D eigenvalue weighted by atomic mass is 19.1. The molecule has 1 aromatic heterocycles. The predicted molar refractivity (Wildman–Crippen MR) is 70.0 cm³/mol. The molecule has 0 saturated carbocycles. The second-order valence-electron chi connectivity index (χ2n) is 4.09. The first-order chi connectivity index (χ1) is 9.47. The Balaban J connectivity index is 2.31. The summed E-state index contributed by atoms with van der Waals surface area (Å²) in [5, 5.41) is 13.2. The number of aryl methyl sites for hydroxylation is 1. The van der Waals surface area contributed by atoms with Crippen LogP contribution in [0, 0.1) is 22.9 Å². The number of amides is 1. The van der Waals surface area contributed by atoms with Gasteiger partial charge in [0.1, 0.15) is 17.2 Å². The lowest BCUT2D eigenvalue weighted by Gasteiger charge is -2.05. The van der Waals surface area contributed by atoms with Gasteiger partial charge in [0.25, 0.3) is 11.6 Å². The molecule has 0 unspecified atom stereocenters. The third-order valence-electron chi connectivity index (χ3n) is 2.55. The van der Waals surface area contributed by atoms with Crippen LogP contribution in [0.5, 0.6) is 0 Å². The minimum atomic E-state index is -0.785. The number of rotatable bonds is 3. The largest absolute Gasteiger partial charge is 0.306 e. The highest BCUT2D eigenvalue weighted by Gasteiger charge is 2.21. The van der Waals surface area contributed by atoms with Crippen LogP contribution in [0.25, 0.3) is 0 Å². The Morgan fingerprint density at radius 3 is 2.70 bits per heavy atom. The van der Waals surface area contributed by atoms with Crippen molar-refractivity contribution in [3.05, 3.63) is 63.6 Å². The number of nitrogens with zero attached hydrogens (tertiary/aromatic N) is 2. The van der Waals surface area contributed by atoms with E-state index < -0.39 is 22.3 Å². The molecule has 0 aliphatic rings. The predicted octanol–water partition coefficient (Wildman–Crippen LogP) is 2.69. The molecular formula is C13H10FN3O3. The molecule has 2 aromatic rings. The maximum atomic E-state index is 13.1. The zero-order valence-electron chi connectivity index (χ0n) is 10.5. The van der Waals surface area contributed by atoms with E-state index in [0.717, 1.165) is 23.8 Å². The van der Waals surface area contributed by atoms with Gasteiger partial charge in [-0.1, -0.05) is 6.07 Å². The molecule has 6 nitrogen and oxygen atoms in total. The highest BCUT2D eigenvalue weighted by molar-refractivity contribution is 6.06. The summed E-state index contributed by atoms with van der Waals surface area (Å²) in [6.45, 7) is 1.83. The fourth-order valence-electron chi connectivity index (χ4n) is 1.57. The van der Waals surface area contributed by atoms with Crippen molar-refractivity contribution in [3.63, 3.8) is 0 Å². The number of nitro groups is 1. The summed E-state index contributed by atoms with van der Waals surface area (Å²) in [7, 11) is 0. The molecule has 0 aliphatic heterocycles. The number of anilines is 1. The van der Waals surface area contributed by atoms with Gasteiger partial charge in [-0.2, -0.15) is 0 Å². The number of nitro benzene ring substituents is 1. The lowest BCUT2D eigenvalue weighted by Crippen LogP contribution is -2.15.